The molecule has 0 radical (unpaired) electrons. The summed E-state index contributed by atoms with van der Waals surface area (Å²) in [6, 6.07) is 17.6. The summed E-state index contributed by atoms with van der Waals surface area (Å²) in [5, 5.41) is 0.405. The van der Waals surface area contributed by atoms with Crippen molar-refractivity contribution in [2.24, 2.45) is 0 Å². The number of aryl methyl sites for hydroxylation is 1. The van der Waals surface area contributed by atoms with Crippen LogP contribution in [0.3, 0.4) is 0 Å². The average molecular weight is 546 g/mol. The van der Waals surface area contributed by atoms with E-state index in [-0.39, 0.29) is 17.1 Å². The molecule has 5 rings (SSSR count). The van der Waals surface area contributed by atoms with E-state index in [9.17, 15) is 9.59 Å². The Kier molecular flexibility index (Phi) is 6.41. The van der Waals surface area contributed by atoms with Crippen LogP contribution in [0, 0.1) is 6.92 Å². The van der Waals surface area contributed by atoms with Crippen molar-refractivity contribution in [1.29, 1.82) is 0 Å². The van der Waals surface area contributed by atoms with E-state index < -0.39 is 6.04 Å². The summed E-state index contributed by atoms with van der Waals surface area (Å²) in [7, 11) is 0. The molecule has 0 saturated heterocycles. The highest BCUT2D eigenvalue weighted by atomic mass is 79.9. The smallest absolute Gasteiger partial charge is 0.295 e. The Bertz CT molecular complexity index is 1540. The van der Waals surface area contributed by atoms with Gasteiger partial charge < -0.3 is 13.9 Å². The first kappa shape index (κ1) is 23.9. The highest BCUT2D eigenvalue weighted by Crippen LogP contribution is 2.43. The maximum atomic E-state index is 13.8. The fraction of sp³-hybridized carbons (Fsp3) is 0.172. The molecule has 1 aliphatic heterocycles. The molecule has 0 N–H and O–H groups in total. The second kappa shape index (κ2) is 9.66. The van der Waals surface area contributed by atoms with Gasteiger partial charge in [0.05, 0.1) is 23.6 Å². The van der Waals surface area contributed by atoms with Crippen molar-refractivity contribution in [3.63, 3.8) is 0 Å². The van der Waals surface area contributed by atoms with Crippen LogP contribution in [0.4, 0.5) is 5.69 Å². The van der Waals surface area contributed by atoms with Gasteiger partial charge in [0.1, 0.15) is 12.2 Å². The number of benzene rings is 3. The number of anilines is 1. The molecule has 182 valence electrons. The number of amides is 1. The molecule has 0 bridgehead atoms. The van der Waals surface area contributed by atoms with Crippen molar-refractivity contribution in [2.45, 2.75) is 19.9 Å². The van der Waals surface area contributed by atoms with Crippen LogP contribution in [-0.2, 0) is 0 Å². The Morgan fingerprint density at radius 2 is 1.81 bits per heavy atom. The van der Waals surface area contributed by atoms with Crippen molar-refractivity contribution in [1.82, 2.24) is 0 Å². The topological polar surface area (TPSA) is 69.0 Å². The van der Waals surface area contributed by atoms with Gasteiger partial charge in [0.2, 0.25) is 5.76 Å². The Morgan fingerprint density at radius 1 is 1.03 bits per heavy atom. The zero-order valence-electron chi connectivity index (χ0n) is 19.9. The molecule has 4 aromatic rings. The maximum absolute atomic E-state index is 13.8. The van der Waals surface area contributed by atoms with Crippen LogP contribution in [0.2, 0.25) is 0 Å². The predicted molar refractivity (Wildman–Crippen MR) is 143 cm³/mol. The number of ether oxygens (including phenoxy) is 2. The van der Waals surface area contributed by atoms with Crippen LogP contribution in [0.15, 0.2) is 87.0 Å². The second-order valence-electron chi connectivity index (χ2n) is 8.47. The van der Waals surface area contributed by atoms with Crippen molar-refractivity contribution in [2.75, 3.05) is 18.1 Å². The zero-order chi connectivity index (χ0) is 25.4. The van der Waals surface area contributed by atoms with Gasteiger partial charge in [-0.1, -0.05) is 52.3 Å². The standard InChI is InChI=1S/C29H24BrNO5/c1-4-14-35-23-12-8-18(15-24(23)34-5-2)26-25-27(32)21-16-19(30)9-13-22(21)36-28(25)29(33)31(26)20-10-6-17(3)7-11-20/h4,6-13,15-16,26H,1,5,14H2,2-3H3. The monoisotopic (exact) mass is 545 g/mol. The quantitative estimate of drug-likeness (QED) is 0.245. The van der Waals surface area contributed by atoms with Crippen molar-refractivity contribution in [3.8, 4) is 11.5 Å². The van der Waals surface area contributed by atoms with E-state index in [0.717, 1.165) is 10.0 Å². The third-order valence-corrected chi connectivity index (χ3v) is 6.58. The molecule has 1 amide bonds. The van der Waals surface area contributed by atoms with Gasteiger partial charge in [-0.05, 0) is 61.9 Å². The molecule has 7 heteroatoms. The summed E-state index contributed by atoms with van der Waals surface area (Å²) in [5.41, 5.74) is 2.85. The third-order valence-electron chi connectivity index (χ3n) is 6.08. The van der Waals surface area contributed by atoms with Crippen LogP contribution >= 0.6 is 15.9 Å². The summed E-state index contributed by atoms with van der Waals surface area (Å²) in [6.45, 7) is 8.31. The van der Waals surface area contributed by atoms with Gasteiger partial charge in [-0.25, -0.2) is 0 Å². The van der Waals surface area contributed by atoms with Gasteiger partial charge in [-0.2, -0.15) is 0 Å². The van der Waals surface area contributed by atoms with E-state index >= 15 is 0 Å². The van der Waals surface area contributed by atoms with Gasteiger partial charge >= 0.3 is 0 Å². The van der Waals surface area contributed by atoms with Gasteiger partial charge in [-0.15, -0.1) is 0 Å². The average Bonchev–Trinajstić information content (AvgIpc) is 3.17. The lowest BCUT2D eigenvalue weighted by Gasteiger charge is -2.26. The second-order valence-corrected chi connectivity index (χ2v) is 9.38. The molecule has 6 nitrogen and oxygen atoms in total. The molecule has 0 aliphatic carbocycles. The van der Waals surface area contributed by atoms with E-state index in [1.54, 1.807) is 35.2 Å². The highest BCUT2D eigenvalue weighted by molar-refractivity contribution is 9.10. The van der Waals surface area contributed by atoms with E-state index in [2.05, 4.69) is 22.5 Å². The maximum Gasteiger partial charge on any atom is 0.295 e. The SMILES string of the molecule is C=CCOc1ccc(C2c3c(oc4ccc(Br)cc4c3=O)C(=O)N2c2ccc(C)cc2)cc1OCC. The molecule has 0 fully saturated rings. The number of hydrogen-bond donors (Lipinski definition) is 0. The third kappa shape index (κ3) is 4.09. The first-order chi connectivity index (χ1) is 17.4. The first-order valence-electron chi connectivity index (χ1n) is 11.6. The molecule has 1 aliphatic rings. The van der Waals surface area contributed by atoms with Crippen LogP contribution < -0.4 is 19.8 Å². The van der Waals surface area contributed by atoms with Crippen LogP contribution in [-0.4, -0.2) is 19.1 Å². The zero-order valence-corrected chi connectivity index (χ0v) is 21.5. The molecule has 0 spiro atoms. The summed E-state index contributed by atoms with van der Waals surface area (Å²) in [5.74, 6) is 0.756. The number of carbonyl (C=O) groups excluding carboxylic acids is 1. The van der Waals surface area contributed by atoms with E-state index in [1.807, 2.05) is 50.2 Å². The summed E-state index contributed by atoms with van der Waals surface area (Å²) >= 11 is 3.43. The summed E-state index contributed by atoms with van der Waals surface area (Å²) < 4.78 is 18.4. The lowest BCUT2D eigenvalue weighted by Crippen LogP contribution is -2.29. The Labute approximate surface area is 216 Å². The van der Waals surface area contributed by atoms with E-state index in [4.69, 9.17) is 13.9 Å². The Hall–Kier alpha value is -3.84. The highest BCUT2D eigenvalue weighted by Gasteiger charge is 2.44. The van der Waals surface area contributed by atoms with Crippen molar-refractivity contribution in [3.05, 3.63) is 110 Å². The number of hydrogen-bond acceptors (Lipinski definition) is 5. The first-order valence-corrected chi connectivity index (χ1v) is 12.4. The molecule has 1 aromatic heterocycles. The van der Waals surface area contributed by atoms with Gasteiger partial charge in [0, 0.05) is 10.2 Å². The molecular formula is C29H24BrNO5. The minimum Gasteiger partial charge on any atom is -0.490 e. The molecule has 1 atom stereocenters. The van der Waals surface area contributed by atoms with Crippen LogP contribution in [0.5, 0.6) is 11.5 Å². The van der Waals surface area contributed by atoms with Gasteiger partial charge in [-0.3, -0.25) is 14.5 Å². The lowest BCUT2D eigenvalue weighted by atomic mass is 9.97. The molecular weight excluding hydrogens is 522 g/mol. The number of halogens is 1. The van der Waals surface area contributed by atoms with Crippen molar-refractivity contribution < 1.29 is 18.7 Å². The minimum absolute atomic E-state index is 0.0466. The summed E-state index contributed by atoms with van der Waals surface area (Å²) in [6.07, 6.45) is 1.66. The molecule has 36 heavy (non-hydrogen) atoms. The Balaban J connectivity index is 1.75. The molecule has 3 aromatic carbocycles. The fourth-order valence-corrected chi connectivity index (χ4v) is 4.82. The summed E-state index contributed by atoms with van der Waals surface area (Å²) in [4.78, 5) is 29.2. The number of rotatable bonds is 7. The van der Waals surface area contributed by atoms with Crippen LogP contribution in [0.1, 0.15) is 40.2 Å². The molecule has 2 heterocycles. The largest absolute Gasteiger partial charge is 0.490 e. The molecule has 1 unspecified atom stereocenters. The van der Waals surface area contributed by atoms with Crippen molar-refractivity contribution >= 4 is 38.5 Å². The number of fused-ring (bicyclic) bond motifs is 2. The Morgan fingerprint density at radius 3 is 2.53 bits per heavy atom. The lowest BCUT2D eigenvalue weighted by molar-refractivity contribution is 0.0971. The van der Waals surface area contributed by atoms with Gasteiger partial charge in [0.15, 0.2) is 16.9 Å². The van der Waals surface area contributed by atoms with E-state index in [1.165, 1.54) is 0 Å². The fourth-order valence-electron chi connectivity index (χ4n) is 4.46. The predicted octanol–water partition coefficient (Wildman–Crippen LogP) is 6.58. The number of nitrogens with zero attached hydrogens (tertiary/aromatic N) is 1. The molecule has 0 saturated carbocycles. The van der Waals surface area contributed by atoms with Gasteiger partial charge in [0.25, 0.3) is 5.91 Å². The van der Waals surface area contributed by atoms with E-state index in [0.29, 0.717) is 52.5 Å². The minimum atomic E-state index is -0.706. The van der Waals surface area contributed by atoms with Crippen LogP contribution in [0.25, 0.3) is 11.0 Å². The normalized spacial score (nSPS) is 14.7. The number of carbonyl (C=O) groups is 1.